The number of hydrogen-bond donors (Lipinski definition) is 2. The number of nitrogens with one attached hydrogen (secondary N) is 1. The summed E-state index contributed by atoms with van der Waals surface area (Å²) in [6.45, 7) is 4.78. The first-order chi connectivity index (χ1) is 12.8. The number of anilines is 1. The Labute approximate surface area is 156 Å². The average Bonchev–Trinajstić information content (AvgIpc) is 2.65. The number of benzene rings is 1. The highest BCUT2D eigenvalue weighted by Crippen LogP contribution is 2.28. The van der Waals surface area contributed by atoms with Gasteiger partial charge in [-0.05, 0) is 49.5 Å². The summed E-state index contributed by atoms with van der Waals surface area (Å²) in [6.07, 6.45) is 0.264. The maximum Gasteiger partial charge on any atom is 0.434 e. The Morgan fingerprint density at radius 3 is 2.44 bits per heavy atom. The van der Waals surface area contributed by atoms with Gasteiger partial charge in [-0.1, -0.05) is 25.5 Å². The van der Waals surface area contributed by atoms with Crippen LogP contribution in [0.15, 0.2) is 30.5 Å². The minimum Gasteiger partial charge on any atom is -0.382 e. The highest BCUT2D eigenvalue weighted by atomic mass is 19.4. The highest BCUT2D eigenvalue weighted by molar-refractivity contribution is 5.38. The van der Waals surface area contributed by atoms with Crippen LogP contribution in [0, 0.1) is 11.7 Å². The molecule has 3 rings (SSSR count). The first-order valence-corrected chi connectivity index (χ1v) is 8.93. The summed E-state index contributed by atoms with van der Waals surface area (Å²) in [5.41, 5.74) is 5.01. The third kappa shape index (κ3) is 6.78. The summed E-state index contributed by atoms with van der Waals surface area (Å²) in [7, 11) is 0. The molecule has 1 aliphatic heterocycles. The van der Waals surface area contributed by atoms with E-state index in [9.17, 15) is 17.6 Å². The van der Waals surface area contributed by atoms with E-state index in [1.165, 1.54) is 56.6 Å². The second kappa shape index (κ2) is 9.64. The maximum absolute atomic E-state index is 12.7. The Kier molecular flexibility index (Phi) is 7.53. The van der Waals surface area contributed by atoms with Gasteiger partial charge in [-0.2, -0.15) is 13.2 Å². The number of nitrogens with two attached hydrogens (primary N) is 1. The molecule has 2 heterocycles. The second-order valence-electron chi connectivity index (χ2n) is 6.51. The van der Waals surface area contributed by atoms with Crippen LogP contribution in [0.4, 0.5) is 23.4 Å². The Balaban J connectivity index is 0.000000273. The fourth-order valence-electron chi connectivity index (χ4n) is 2.77. The molecule has 1 aromatic heterocycles. The van der Waals surface area contributed by atoms with E-state index in [4.69, 9.17) is 5.73 Å². The Morgan fingerprint density at radius 1 is 1.22 bits per heavy atom. The molecular formula is C19H24F4N4. The van der Waals surface area contributed by atoms with Crippen LogP contribution in [0.1, 0.15) is 43.1 Å². The van der Waals surface area contributed by atoms with Crippen molar-refractivity contribution in [1.82, 2.24) is 15.3 Å². The highest BCUT2D eigenvalue weighted by Gasteiger charge is 2.33. The second-order valence-corrected chi connectivity index (χ2v) is 6.51. The molecule has 1 aromatic carbocycles. The van der Waals surface area contributed by atoms with Crippen molar-refractivity contribution in [3.63, 3.8) is 0 Å². The number of aromatic nitrogens is 2. The summed E-state index contributed by atoms with van der Waals surface area (Å²) in [6, 6.07) is 5.34. The van der Waals surface area contributed by atoms with Gasteiger partial charge in [-0.15, -0.1) is 0 Å². The van der Waals surface area contributed by atoms with Crippen LogP contribution in [0.3, 0.4) is 0 Å². The first kappa shape index (κ1) is 21.1. The standard InChI is InChI=1S/C12H9F4N3.C7H15N/c13-8-3-1-7(2-4-8)5-9-11(17)18-6-10(19-9)12(14,15)16;1-2-7-4-3-5-8-6-7/h1-4,6H,5H2,(H2,17,18);7-8H,2-6H2,1H3. The van der Waals surface area contributed by atoms with E-state index in [-0.39, 0.29) is 17.9 Å². The van der Waals surface area contributed by atoms with Gasteiger partial charge < -0.3 is 11.1 Å². The summed E-state index contributed by atoms with van der Waals surface area (Å²) >= 11 is 0. The molecule has 3 N–H and O–H groups in total. The summed E-state index contributed by atoms with van der Waals surface area (Å²) in [5.74, 6) is 0.480. The molecular weight excluding hydrogens is 360 g/mol. The number of alkyl halides is 3. The van der Waals surface area contributed by atoms with Crippen molar-refractivity contribution in [3.05, 3.63) is 53.2 Å². The van der Waals surface area contributed by atoms with Gasteiger partial charge in [-0.3, -0.25) is 0 Å². The third-order valence-electron chi connectivity index (χ3n) is 4.43. The maximum atomic E-state index is 12.7. The number of hydrogen-bond acceptors (Lipinski definition) is 4. The summed E-state index contributed by atoms with van der Waals surface area (Å²) in [4.78, 5) is 6.94. The van der Waals surface area contributed by atoms with Crippen molar-refractivity contribution in [3.8, 4) is 0 Å². The van der Waals surface area contributed by atoms with E-state index >= 15 is 0 Å². The van der Waals surface area contributed by atoms with Crippen molar-refractivity contribution in [2.45, 2.75) is 38.8 Å². The van der Waals surface area contributed by atoms with E-state index in [0.29, 0.717) is 11.8 Å². The lowest BCUT2D eigenvalue weighted by Gasteiger charge is -2.20. The molecule has 0 amide bonds. The number of piperidine rings is 1. The van der Waals surface area contributed by atoms with E-state index in [1.54, 1.807) is 0 Å². The van der Waals surface area contributed by atoms with Gasteiger partial charge in [0.05, 0.1) is 11.9 Å². The van der Waals surface area contributed by atoms with Crippen LogP contribution in [0.5, 0.6) is 0 Å². The van der Waals surface area contributed by atoms with Gasteiger partial charge >= 0.3 is 6.18 Å². The van der Waals surface area contributed by atoms with Crippen molar-refractivity contribution in [1.29, 1.82) is 0 Å². The lowest BCUT2D eigenvalue weighted by molar-refractivity contribution is -0.141. The molecule has 27 heavy (non-hydrogen) atoms. The number of nitrogen functional groups attached to an aromatic ring is 1. The van der Waals surface area contributed by atoms with Crippen LogP contribution in [-0.4, -0.2) is 23.1 Å². The smallest absolute Gasteiger partial charge is 0.382 e. The van der Waals surface area contributed by atoms with Crippen LogP contribution in [-0.2, 0) is 12.6 Å². The van der Waals surface area contributed by atoms with Gasteiger partial charge in [0.15, 0.2) is 5.69 Å². The minimum atomic E-state index is -4.57. The Morgan fingerprint density at radius 2 is 1.93 bits per heavy atom. The van der Waals surface area contributed by atoms with Gasteiger partial charge in [-0.25, -0.2) is 14.4 Å². The Bertz CT molecular complexity index is 711. The van der Waals surface area contributed by atoms with Gasteiger partial charge in [0.25, 0.3) is 0 Å². The normalized spacial score (nSPS) is 17.1. The molecule has 0 aliphatic carbocycles. The molecule has 1 atom stereocenters. The molecule has 0 bridgehead atoms. The molecule has 0 radical (unpaired) electrons. The van der Waals surface area contributed by atoms with E-state index in [2.05, 4.69) is 22.2 Å². The zero-order chi connectivity index (χ0) is 19.9. The van der Waals surface area contributed by atoms with Gasteiger partial charge in [0.1, 0.15) is 11.6 Å². The van der Waals surface area contributed by atoms with E-state index in [1.807, 2.05) is 0 Å². The average molecular weight is 384 g/mol. The molecule has 1 fully saturated rings. The van der Waals surface area contributed by atoms with Crippen molar-refractivity contribution >= 4 is 5.82 Å². The quantitative estimate of drug-likeness (QED) is 0.779. The Hall–Kier alpha value is -2.22. The van der Waals surface area contributed by atoms with Crippen LogP contribution >= 0.6 is 0 Å². The van der Waals surface area contributed by atoms with E-state index < -0.39 is 17.7 Å². The number of halogens is 4. The monoisotopic (exact) mass is 384 g/mol. The zero-order valence-corrected chi connectivity index (χ0v) is 15.2. The molecule has 1 aliphatic rings. The van der Waals surface area contributed by atoms with Crippen molar-refractivity contribution < 1.29 is 17.6 Å². The molecule has 8 heteroatoms. The van der Waals surface area contributed by atoms with Crippen LogP contribution in [0.25, 0.3) is 0 Å². The molecule has 0 spiro atoms. The third-order valence-corrected chi connectivity index (χ3v) is 4.43. The largest absolute Gasteiger partial charge is 0.434 e. The number of rotatable bonds is 3. The SMILES string of the molecule is CCC1CCCNC1.Nc1ncc(C(F)(F)F)nc1Cc1ccc(F)cc1. The van der Waals surface area contributed by atoms with Gasteiger partial charge in [0, 0.05) is 6.42 Å². The lowest BCUT2D eigenvalue weighted by atomic mass is 9.97. The topological polar surface area (TPSA) is 63.8 Å². The molecule has 0 saturated carbocycles. The van der Waals surface area contributed by atoms with Crippen LogP contribution in [0.2, 0.25) is 0 Å². The molecule has 148 valence electrons. The molecule has 1 saturated heterocycles. The zero-order valence-electron chi connectivity index (χ0n) is 15.2. The predicted molar refractivity (Wildman–Crippen MR) is 96.5 cm³/mol. The minimum absolute atomic E-state index is 0.0152. The number of nitrogens with zero attached hydrogens (tertiary/aromatic N) is 2. The van der Waals surface area contributed by atoms with E-state index in [0.717, 1.165) is 5.92 Å². The van der Waals surface area contributed by atoms with Gasteiger partial charge in [0.2, 0.25) is 0 Å². The molecule has 2 aromatic rings. The molecule has 1 unspecified atom stereocenters. The lowest BCUT2D eigenvalue weighted by Crippen LogP contribution is -2.29. The summed E-state index contributed by atoms with van der Waals surface area (Å²) in [5, 5.41) is 3.39. The van der Waals surface area contributed by atoms with Crippen LogP contribution < -0.4 is 11.1 Å². The fraction of sp³-hybridized carbons (Fsp3) is 0.474. The van der Waals surface area contributed by atoms with Crippen molar-refractivity contribution in [2.24, 2.45) is 5.92 Å². The molecule has 4 nitrogen and oxygen atoms in total. The van der Waals surface area contributed by atoms with Crippen molar-refractivity contribution in [2.75, 3.05) is 18.8 Å². The first-order valence-electron chi connectivity index (χ1n) is 8.93. The predicted octanol–water partition coefficient (Wildman–Crippen LogP) is 4.20. The fourth-order valence-corrected chi connectivity index (χ4v) is 2.77. The summed E-state index contributed by atoms with van der Waals surface area (Å²) < 4.78 is 50.2.